The summed E-state index contributed by atoms with van der Waals surface area (Å²) < 4.78 is 28.8. The van der Waals surface area contributed by atoms with Crippen LogP contribution in [0.25, 0.3) is 0 Å². The van der Waals surface area contributed by atoms with E-state index in [2.05, 4.69) is 5.32 Å². The summed E-state index contributed by atoms with van der Waals surface area (Å²) >= 11 is 25.0. The number of halogens is 4. The number of carbonyl (C=O) groups excluding carboxylic acids is 2. The lowest BCUT2D eigenvalue weighted by molar-refractivity contribution is -0.140. The summed E-state index contributed by atoms with van der Waals surface area (Å²) in [6.07, 6.45) is 0.267. The molecule has 0 fully saturated rings. The highest BCUT2D eigenvalue weighted by molar-refractivity contribution is 7.92. The maximum absolute atomic E-state index is 14.1. The van der Waals surface area contributed by atoms with Crippen molar-refractivity contribution in [2.75, 3.05) is 10.8 Å². The Morgan fingerprint density at radius 1 is 0.878 bits per heavy atom. The second-order valence-corrected chi connectivity index (χ2v) is 13.4. The Hall–Kier alpha value is -2.49. The molecule has 3 aromatic rings. The highest BCUT2D eigenvalue weighted by Crippen LogP contribution is 2.31. The topological polar surface area (TPSA) is 86.8 Å². The van der Waals surface area contributed by atoms with E-state index < -0.39 is 28.5 Å². The molecule has 41 heavy (non-hydrogen) atoms. The summed E-state index contributed by atoms with van der Waals surface area (Å²) in [4.78, 5) is 28.6. The van der Waals surface area contributed by atoms with Crippen LogP contribution >= 0.6 is 46.4 Å². The zero-order chi connectivity index (χ0) is 30.5. The largest absolute Gasteiger partial charge is 0.352 e. The number of hydrogen-bond acceptors (Lipinski definition) is 4. The lowest BCUT2D eigenvalue weighted by atomic mass is 10.1. The number of carbonyl (C=O) groups is 2. The van der Waals surface area contributed by atoms with Crippen LogP contribution in [0, 0.1) is 6.92 Å². The van der Waals surface area contributed by atoms with Crippen molar-refractivity contribution in [3.05, 3.63) is 91.9 Å². The minimum absolute atomic E-state index is 0.0242. The maximum atomic E-state index is 14.1. The number of amides is 2. The van der Waals surface area contributed by atoms with Gasteiger partial charge in [0.15, 0.2) is 0 Å². The molecule has 0 heterocycles. The van der Waals surface area contributed by atoms with Gasteiger partial charge in [0, 0.05) is 32.7 Å². The summed E-state index contributed by atoms with van der Waals surface area (Å²) in [5.74, 6) is -1.01. The van der Waals surface area contributed by atoms with Crippen molar-refractivity contribution in [2.45, 2.75) is 57.6 Å². The van der Waals surface area contributed by atoms with E-state index in [0.29, 0.717) is 15.6 Å². The molecule has 3 aromatic carbocycles. The van der Waals surface area contributed by atoms with Gasteiger partial charge in [-0.2, -0.15) is 0 Å². The van der Waals surface area contributed by atoms with Crippen molar-refractivity contribution in [1.82, 2.24) is 10.2 Å². The first-order valence-corrected chi connectivity index (χ1v) is 15.8. The first-order chi connectivity index (χ1) is 19.2. The molecule has 1 unspecified atom stereocenters. The normalized spacial score (nSPS) is 12.2. The number of rotatable bonds is 11. The van der Waals surface area contributed by atoms with Crippen molar-refractivity contribution in [3.8, 4) is 0 Å². The van der Waals surface area contributed by atoms with Gasteiger partial charge < -0.3 is 10.2 Å². The fourth-order valence-corrected chi connectivity index (χ4v) is 6.56. The van der Waals surface area contributed by atoms with E-state index in [1.54, 1.807) is 37.3 Å². The Bertz CT molecular complexity index is 1490. The summed E-state index contributed by atoms with van der Waals surface area (Å²) in [5, 5.41) is 3.95. The fraction of sp³-hybridized carbons (Fsp3) is 0.310. The number of anilines is 1. The molecule has 0 radical (unpaired) electrons. The van der Waals surface area contributed by atoms with E-state index >= 15 is 0 Å². The molecule has 220 valence electrons. The molecule has 0 aliphatic carbocycles. The van der Waals surface area contributed by atoms with E-state index in [1.165, 1.54) is 35.2 Å². The van der Waals surface area contributed by atoms with E-state index in [0.717, 1.165) is 9.87 Å². The van der Waals surface area contributed by atoms with Gasteiger partial charge >= 0.3 is 0 Å². The Morgan fingerprint density at radius 2 is 1.49 bits per heavy atom. The van der Waals surface area contributed by atoms with Crippen LogP contribution in [0.15, 0.2) is 65.6 Å². The molecule has 0 aromatic heterocycles. The number of benzene rings is 3. The molecule has 1 atom stereocenters. The summed E-state index contributed by atoms with van der Waals surface area (Å²) in [5.41, 5.74) is 1.50. The predicted molar refractivity (Wildman–Crippen MR) is 167 cm³/mol. The smallest absolute Gasteiger partial charge is 0.264 e. The van der Waals surface area contributed by atoms with Crippen molar-refractivity contribution < 1.29 is 18.0 Å². The van der Waals surface area contributed by atoms with Gasteiger partial charge in [-0.15, -0.1) is 0 Å². The third-order valence-corrected chi connectivity index (χ3v) is 9.01. The van der Waals surface area contributed by atoms with Gasteiger partial charge in [-0.3, -0.25) is 13.9 Å². The molecule has 2 amide bonds. The van der Waals surface area contributed by atoms with E-state index in [9.17, 15) is 18.0 Å². The van der Waals surface area contributed by atoms with E-state index in [4.69, 9.17) is 46.4 Å². The Balaban J connectivity index is 2.12. The number of nitrogens with one attached hydrogen (secondary N) is 1. The highest BCUT2D eigenvalue weighted by Gasteiger charge is 2.34. The standard InChI is InChI=1S/C29H31Cl4N3O4S/c1-5-27(29(38)34-18(2)3)35(16-20-8-9-21(30)15-26(20)33)28(37)17-36(24-13-22(31)12-23(32)14-24)41(39,40)25-10-6-19(4)7-11-25/h6-15,18,27H,5,16-17H2,1-4H3,(H,34,38). The Morgan fingerprint density at radius 3 is 2.02 bits per heavy atom. The number of hydrogen-bond donors (Lipinski definition) is 1. The second-order valence-electron chi connectivity index (χ2n) is 9.80. The number of aryl methyl sites for hydroxylation is 1. The number of nitrogens with zero attached hydrogens (tertiary/aromatic N) is 2. The quantitative estimate of drug-likeness (QED) is 0.237. The lowest BCUT2D eigenvalue weighted by Crippen LogP contribution is -2.53. The van der Waals surface area contributed by atoms with Crippen LogP contribution < -0.4 is 9.62 Å². The Labute approximate surface area is 261 Å². The SMILES string of the molecule is CCC(C(=O)NC(C)C)N(Cc1ccc(Cl)cc1Cl)C(=O)CN(c1cc(Cl)cc(Cl)c1)S(=O)(=O)c1ccc(C)cc1. The molecule has 12 heteroatoms. The minimum Gasteiger partial charge on any atom is -0.352 e. The van der Waals surface area contributed by atoms with Crippen LogP contribution in [0.1, 0.15) is 38.3 Å². The highest BCUT2D eigenvalue weighted by atomic mass is 35.5. The molecular formula is C29H31Cl4N3O4S. The predicted octanol–water partition coefficient (Wildman–Crippen LogP) is 7.14. The number of sulfonamides is 1. The molecule has 0 aliphatic rings. The average Bonchev–Trinajstić information content (AvgIpc) is 2.87. The third kappa shape index (κ3) is 8.52. The summed E-state index contributed by atoms with van der Waals surface area (Å²) in [6, 6.07) is 14.3. The molecule has 0 saturated heterocycles. The lowest BCUT2D eigenvalue weighted by Gasteiger charge is -2.33. The van der Waals surface area contributed by atoms with Crippen LogP contribution in [0.3, 0.4) is 0 Å². The molecule has 1 N–H and O–H groups in total. The summed E-state index contributed by atoms with van der Waals surface area (Å²) in [7, 11) is -4.27. The first kappa shape index (κ1) is 33.0. The monoisotopic (exact) mass is 657 g/mol. The zero-order valence-electron chi connectivity index (χ0n) is 23.0. The molecule has 3 rings (SSSR count). The van der Waals surface area contributed by atoms with Crippen LogP contribution in [0.5, 0.6) is 0 Å². The first-order valence-electron chi connectivity index (χ1n) is 12.8. The average molecular weight is 659 g/mol. The van der Waals surface area contributed by atoms with Gasteiger partial charge in [0.2, 0.25) is 11.8 Å². The zero-order valence-corrected chi connectivity index (χ0v) is 26.8. The summed E-state index contributed by atoms with van der Waals surface area (Å²) in [6.45, 7) is 6.53. The molecule has 7 nitrogen and oxygen atoms in total. The third-order valence-electron chi connectivity index (χ3n) is 6.20. The molecule has 0 spiro atoms. The van der Waals surface area contributed by atoms with E-state index in [-0.39, 0.29) is 45.5 Å². The van der Waals surface area contributed by atoms with Gasteiger partial charge in [0.05, 0.1) is 10.6 Å². The van der Waals surface area contributed by atoms with Crippen molar-refractivity contribution in [1.29, 1.82) is 0 Å². The van der Waals surface area contributed by atoms with Crippen LogP contribution in [-0.4, -0.2) is 43.8 Å². The molecular weight excluding hydrogens is 628 g/mol. The fourth-order valence-electron chi connectivity index (χ4n) is 4.18. The van der Waals surface area contributed by atoms with Gasteiger partial charge in [-0.25, -0.2) is 8.42 Å². The van der Waals surface area contributed by atoms with Gasteiger partial charge in [0.25, 0.3) is 10.0 Å². The van der Waals surface area contributed by atoms with Crippen LogP contribution in [0.2, 0.25) is 20.1 Å². The Kier molecular flexibility index (Phi) is 11.4. The van der Waals surface area contributed by atoms with E-state index in [1.807, 2.05) is 20.8 Å². The molecule has 0 aliphatic heterocycles. The molecule has 0 saturated carbocycles. The second kappa shape index (κ2) is 14.1. The maximum Gasteiger partial charge on any atom is 0.264 e. The minimum atomic E-state index is -4.27. The van der Waals surface area contributed by atoms with Crippen molar-refractivity contribution >= 4 is 73.9 Å². The van der Waals surface area contributed by atoms with Gasteiger partial charge in [-0.1, -0.05) is 77.1 Å². The van der Waals surface area contributed by atoms with Crippen molar-refractivity contribution in [2.24, 2.45) is 0 Å². The van der Waals surface area contributed by atoms with Gasteiger partial charge in [-0.05, 0) is 75.2 Å². The van der Waals surface area contributed by atoms with Crippen LogP contribution in [-0.2, 0) is 26.2 Å². The molecule has 0 bridgehead atoms. The van der Waals surface area contributed by atoms with Gasteiger partial charge in [0.1, 0.15) is 12.6 Å². The van der Waals surface area contributed by atoms with Crippen LogP contribution in [0.4, 0.5) is 5.69 Å². The van der Waals surface area contributed by atoms with Crippen molar-refractivity contribution in [3.63, 3.8) is 0 Å².